The summed E-state index contributed by atoms with van der Waals surface area (Å²) >= 11 is 0. The molecule has 0 fully saturated rings. The van der Waals surface area contributed by atoms with Gasteiger partial charge in [-0.05, 0) is 77.0 Å². The van der Waals surface area contributed by atoms with Gasteiger partial charge in [-0.3, -0.25) is 14.2 Å². The standard InChI is InChI=1S/C48H86NO8P/c1-6-8-10-12-14-16-18-20-22-23-24-25-27-29-31-33-35-37-39-41-48(51)57-46(45-56-58(52,53)55-43-42-49(3,4)5)44-54-47(50)40-38-36-34-32-30-28-26-21-19-17-15-13-11-9-7-2/h9,11,14-17,20-22,26,46H,6-8,10,12-13,18-19,23-25,27-45H2,1-5H3/b11-9-,16-14-,17-15-,22-20-,26-21-/t46-/m1/s1. The third kappa shape index (κ3) is 43.3. The van der Waals surface area contributed by atoms with Crippen molar-refractivity contribution >= 4 is 19.8 Å². The number of ether oxygens (including phenoxy) is 2. The molecule has 0 heterocycles. The molecule has 0 aliphatic carbocycles. The van der Waals surface area contributed by atoms with Crippen molar-refractivity contribution in [3.05, 3.63) is 60.8 Å². The molecule has 0 bridgehead atoms. The summed E-state index contributed by atoms with van der Waals surface area (Å²) in [6.07, 6.45) is 48.1. The van der Waals surface area contributed by atoms with Crippen LogP contribution in [0.4, 0.5) is 0 Å². The molecule has 0 aliphatic rings. The van der Waals surface area contributed by atoms with E-state index in [1.807, 2.05) is 21.1 Å². The van der Waals surface area contributed by atoms with Gasteiger partial charge in [0.25, 0.3) is 7.82 Å². The van der Waals surface area contributed by atoms with E-state index in [4.69, 9.17) is 18.5 Å². The van der Waals surface area contributed by atoms with Crippen LogP contribution in [0.5, 0.6) is 0 Å². The molecule has 0 amide bonds. The monoisotopic (exact) mass is 836 g/mol. The molecule has 0 N–H and O–H groups in total. The van der Waals surface area contributed by atoms with E-state index in [0.29, 0.717) is 23.9 Å². The second-order valence-electron chi connectivity index (χ2n) is 16.4. The van der Waals surface area contributed by atoms with Crippen LogP contribution in [0.2, 0.25) is 0 Å². The number of rotatable bonds is 41. The Kier molecular flexibility index (Phi) is 38.5. The number of phosphoric ester groups is 1. The van der Waals surface area contributed by atoms with E-state index in [2.05, 4.69) is 74.6 Å². The van der Waals surface area contributed by atoms with E-state index in [1.165, 1.54) is 57.8 Å². The van der Waals surface area contributed by atoms with Crippen LogP contribution in [0.3, 0.4) is 0 Å². The summed E-state index contributed by atoms with van der Waals surface area (Å²) in [4.78, 5) is 37.6. The summed E-state index contributed by atoms with van der Waals surface area (Å²) < 4.78 is 33.9. The lowest BCUT2D eigenvalue weighted by Gasteiger charge is -2.28. The van der Waals surface area contributed by atoms with E-state index < -0.39 is 32.5 Å². The number of nitrogens with zero attached hydrogens (tertiary/aromatic N) is 1. The first kappa shape index (κ1) is 55.7. The Morgan fingerprint density at radius 2 is 0.983 bits per heavy atom. The zero-order chi connectivity index (χ0) is 42.8. The Balaban J connectivity index is 4.35. The lowest BCUT2D eigenvalue weighted by Crippen LogP contribution is -2.37. The molecule has 1 unspecified atom stereocenters. The highest BCUT2D eigenvalue weighted by Gasteiger charge is 2.21. The largest absolute Gasteiger partial charge is 0.756 e. The summed E-state index contributed by atoms with van der Waals surface area (Å²) in [5.41, 5.74) is 0. The molecular weight excluding hydrogens is 750 g/mol. The second-order valence-corrected chi connectivity index (χ2v) is 17.8. The minimum absolute atomic E-state index is 0.0371. The van der Waals surface area contributed by atoms with Crippen molar-refractivity contribution in [2.24, 2.45) is 0 Å². The predicted molar refractivity (Wildman–Crippen MR) is 240 cm³/mol. The second kappa shape index (κ2) is 40.1. The molecule has 10 heteroatoms. The van der Waals surface area contributed by atoms with Crippen molar-refractivity contribution in [2.45, 2.75) is 187 Å². The van der Waals surface area contributed by atoms with Gasteiger partial charge in [0.05, 0.1) is 27.7 Å². The topological polar surface area (TPSA) is 111 Å². The molecule has 58 heavy (non-hydrogen) atoms. The first-order valence-electron chi connectivity index (χ1n) is 23.0. The molecule has 0 aromatic rings. The molecule has 0 saturated carbocycles. The van der Waals surface area contributed by atoms with Crippen LogP contribution < -0.4 is 4.89 Å². The number of esters is 2. The molecule has 0 saturated heterocycles. The number of unbranched alkanes of at least 4 members (excludes halogenated alkanes) is 17. The third-order valence-electron chi connectivity index (χ3n) is 9.52. The van der Waals surface area contributed by atoms with Gasteiger partial charge in [-0.1, -0.05) is 152 Å². The Bertz CT molecular complexity index is 1170. The van der Waals surface area contributed by atoms with Gasteiger partial charge < -0.3 is 27.9 Å². The molecule has 336 valence electrons. The van der Waals surface area contributed by atoms with Crippen LogP contribution in [0.25, 0.3) is 0 Å². The highest BCUT2D eigenvalue weighted by Crippen LogP contribution is 2.38. The molecule has 9 nitrogen and oxygen atoms in total. The van der Waals surface area contributed by atoms with Gasteiger partial charge >= 0.3 is 11.9 Å². The van der Waals surface area contributed by atoms with Gasteiger partial charge in [-0.15, -0.1) is 0 Å². The fraction of sp³-hybridized carbons (Fsp3) is 0.750. The fourth-order valence-corrected chi connectivity index (χ4v) is 6.66. The third-order valence-corrected chi connectivity index (χ3v) is 10.5. The maximum Gasteiger partial charge on any atom is 0.306 e. The van der Waals surface area contributed by atoms with Crippen molar-refractivity contribution in [1.29, 1.82) is 0 Å². The van der Waals surface area contributed by atoms with E-state index in [1.54, 1.807) is 0 Å². The lowest BCUT2D eigenvalue weighted by atomic mass is 10.1. The van der Waals surface area contributed by atoms with Gasteiger partial charge in [0, 0.05) is 12.8 Å². The number of likely N-dealkylation sites (N-methyl/N-ethyl adjacent to an activating group) is 1. The van der Waals surface area contributed by atoms with E-state index in [-0.39, 0.29) is 26.1 Å². The summed E-state index contributed by atoms with van der Waals surface area (Å²) in [5.74, 6) is -0.862. The van der Waals surface area contributed by atoms with E-state index in [0.717, 1.165) is 83.5 Å². The van der Waals surface area contributed by atoms with Gasteiger partial charge in [0.1, 0.15) is 19.8 Å². The molecule has 0 radical (unpaired) electrons. The van der Waals surface area contributed by atoms with Gasteiger partial charge in [0.2, 0.25) is 0 Å². The molecule has 2 atom stereocenters. The Hall–Kier alpha value is -2.29. The Morgan fingerprint density at radius 1 is 0.552 bits per heavy atom. The number of hydrogen-bond donors (Lipinski definition) is 0. The molecular formula is C48H86NO8P. The summed E-state index contributed by atoms with van der Waals surface area (Å²) in [7, 11) is 1.14. The Morgan fingerprint density at radius 3 is 1.47 bits per heavy atom. The molecule has 0 aliphatic heterocycles. The van der Waals surface area contributed by atoms with E-state index in [9.17, 15) is 19.0 Å². The highest BCUT2D eigenvalue weighted by molar-refractivity contribution is 7.45. The minimum Gasteiger partial charge on any atom is -0.756 e. The first-order valence-corrected chi connectivity index (χ1v) is 24.5. The van der Waals surface area contributed by atoms with Gasteiger partial charge in [-0.2, -0.15) is 0 Å². The fourth-order valence-electron chi connectivity index (χ4n) is 5.93. The maximum atomic E-state index is 12.7. The Labute approximate surface area is 356 Å². The van der Waals surface area contributed by atoms with Crippen molar-refractivity contribution in [1.82, 2.24) is 0 Å². The number of phosphoric acid groups is 1. The van der Waals surface area contributed by atoms with Crippen LogP contribution in [0.15, 0.2) is 60.8 Å². The number of carbonyl (C=O) groups excluding carboxylic acids is 2. The quantitative estimate of drug-likeness (QED) is 0.0197. The summed E-state index contributed by atoms with van der Waals surface area (Å²) in [6.45, 7) is 4.06. The minimum atomic E-state index is -4.63. The predicted octanol–water partition coefficient (Wildman–Crippen LogP) is 12.6. The van der Waals surface area contributed by atoms with Crippen LogP contribution in [0.1, 0.15) is 181 Å². The maximum absolute atomic E-state index is 12.7. The van der Waals surface area contributed by atoms with Crippen LogP contribution in [-0.2, 0) is 32.7 Å². The van der Waals surface area contributed by atoms with Crippen molar-refractivity contribution in [3.8, 4) is 0 Å². The number of hydrogen-bond acceptors (Lipinski definition) is 8. The summed E-state index contributed by atoms with van der Waals surface area (Å²) in [5, 5.41) is 0. The number of quaternary nitrogens is 1. The highest BCUT2D eigenvalue weighted by atomic mass is 31.2. The van der Waals surface area contributed by atoms with Crippen molar-refractivity contribution in [2.75, 3.05) is 47.5 Å². The normalized spacial score (nSPS) is 14.1. The van der Waals surface area contributed by atoms with Crippen molar-refractivity contribution < 1.29 is 42.1 Å². The number of allylic oxidation sites excluding steroid dienone is 10. The molecule has 0 rings (SSSR count). The van der Waals surface area contributed by atoms with Crippen molar-refractivity contribution in [3.63, 3.8) is 0 Å². The average molecular weight is 836 g/mol. The molecule has 0 spiro atoms. The average Bonchev–Trinajstić information content (AvgIpc) is 3.17. The smallest absolute Gasteiger partial charge is 0.306 e. The van der Waals surface area contributed by atoms with Crippen LogP contribution >= 0.6 is 7.82 Å². The van der Waals surface area contributed by atoms with Crippen LogP contribution in [-0.4, -0.2) is 70.0 Å². The lowest BCUT2D eigenvalue weighted by molar-refractivity contribution is -0.870. The van der Waals surface area contributed by atoms with Gasteiger partial charge in [0.15, 0.2) is 6.10 Å². The molecule has 0 aromatic heterocycles. The summed E-state index contributed by atoms with van der Waals surface area (Å²) in [6, 6.07) is 0. The zero-order valence-electron chi connectivity index (χ0n) is 37.7. The van der Waals surface area contributed by atoms with Crippen LogP contribution in [0, 0.1) is 0 Å². The SMILES string of the molecule is CC/C=C\C/C=C\C/C=C\CCCCCCCC(=O)OC[C@H](COP(=O)([O-])OCC[N+](C)(C)C)OC(=O)CCCCCCCCCCC/C=C\C/C=C\CCCCC. The van der Waals surface area contributed by atoms with Gasteiger partial charge in [-0.25, -0.2) is 0 Å². The first-order chi connectivity index (χ1) is 28.0. The zero-order valence-corrected chi connectivity index (χ0v) is 38.6. The van der Waals surface area contributed by atoms with E-state index >= 15 is 0 Å². The molecule has 0 aromatic carbocycles. The number of carbonyl (C=O) groups is 2.